The van der Waals surface area contributed by atoms with Crippen LogP contribution in [0.25, 0.3) is 99.4 Å². The molecule has 10 aromatic carbocycles. The van der Waals surface area contributed by atoms with Crippen LogP contribution in [0.4, 0.5) is 17.1 Å². The second-order valence-corrected chi connectivity index (χ2v) is 16.4. The van der Waals surface area contributed by atoms with Gasteiger partial charge in [0.15, 0.2) is 5.58 Å². The van der Waals surface area contributed by atoms with E-state index >= 15 is 0 Å². The van der Waals surface area contributed by atoms with Crippen molar-refractivity contribution in [1.82, 2.24) is 14.1 Å². The molecule has 3 heterocycles. The molecule has 300 valence electrons. The van der Waals surface area contributed by atoms with Gasteiger partial charge in [0.25, 0.3) is 0 Å². The SMILES string of the molecule is c1ccc(-c2nc3cccc(-c4cccc(N(c5ccc6c(c5)c5ccccc5n6-c5ccccc5)c5ccc6c(c5)c5c7ccccc7ccc5n6-c5ccccc5)c4)c3o2)cc1. The van der Waals surface area contributed by atoms with Crippen molar-refractivity contribution in [3.8, 4) is 34.0 Å². The van der Waals surface area contributed by atoms with E-state index in [1.165, 1.54) is 43.4 Å². The molecule has 0 atom stereocenters. The van der Waals surface area contributed by atoms with E-state index in [2.05, 4.69) is 208 Å². The first-order chi connectivity index (χ1) is 31.7. The van der Waals surface area contributed by atoms with E-state index in [1.807, 2.05) is 36.4 Å². The molecule has 5 heteroatoms. The average molecular weight is 819 g/mol. The van der Waals surface area contributed by atoms with Crippen LogP contribution in [0.2, 0.25) is 0 Å². The summed E-state index contributed by atoms with van der Waals surface area (Å²) in [5, 5.41) is 7.27. The lowest BCUT2D eigenvalue weighted by Gasteiger charge is -2.26. The maximum Gasteiger partial charge on any atom is 0.227 e. The molecule has 0 aliphatic rings. The van der Waals surface area contributed by atoms with Gasteiger partial charge in [0, 0.05) is 61.1 Å². The molecule has 0 saturated carbocycles. The highest BCUT2D eigenvalue weighted by molar-refractivity contribution is 6.22. The molecule has 0 saturated heterocycles. The Morgan fingerprint density at radius 3 is 1.70 bits per heavy atom. The van der Waals surface area contributed by atoms with E-state index in [-0.39, 0.29) is 0 Å². The Morgan fingerprint density at radius 1 is 0.375 bits per heavy atom. The number of oxazole rings is 1. The van der Waals surface area contributed by atoms with Gasteiger partial charge in [-0.2, -0.15) is 0 Å². The second-order valence-electron chi connectivity index (χ2n) is 16.4. The predicted octanol–water partition coefficient (Wildman–Crippen LogP) is 16.0. The smallest absolute Gasteiger partial charge is 0.227 e. The van der Waals surface area contributed by atoms with Crippen molar-refractivity contribution < 1.29 is 4.42 Å². The lowest BCUT2D eigenvalue weighted by molar-refractivity contribution is 0.621. The zero-order valence-corrected chi connectivity index (χ0v) is 34.6. The fourth-order valence-corrected chi connectivity index (χ4v) is 9.87. The van der Waals surface area contributed by atoms with Gasteiger partial charge in [-0.15, -0.1) is 0 Å². The zero-order chi connectivity index (χ0) is 42.1. The highest BCUT2D eigenvalue weighted by Crippen LogP contribution is 2.45. The summed E-state index contributed by atoms with van der Waals surface area (Å²) in [4.78, 5) is 7.32. The third kappa shape index (κ3) is 5.68. The highest BCUT2D eigenvalue weighted by Gasteiger charge is 2.22. The molecule has 0 amide bonds. The maximum absolute atomic E-state index is 6.57. The molecular formula is C59H38N4O. The Morgan fingerprint density at radius 2 is 0.938 bits per heavy atom. The lowest BCUT2D eigenvalue weighted by Crippen LogP contribution is -2.10. The van der Waals surface area contributed by atoms with E-state index in [1.54, 1.807) is 0 Å². The van der Waals surface area contributed by atoms with E-state index in [4.69, 9.17) is 9.40 Å². The van der Waals surface area contributed by atoms with E-state index < -0.39 is 0 Å². The fourth-order valence-electron chi connectivity index (χ4n) is 9.87. The Labute approximate surface area is 368 Å². The van der Waals surface area contributed by atoms with Crippen molar-refractivity contribution in [3.05, 3.63) is 231 Å². The van der Waals surface area contributed by atoms with E-state index in [0.29, 0.717) is 5.89 Å². The largest absolute Gasteiger partial charge is 0.435 e. The first-order valence-corrected chi connectivity index (χ1v) is 21.7. The van der Waals surface area contributed by atoms with Crippen molar-refractivity contribution in [2.45, 2.75) is 0 Å². The van der Waals surface area contributed by atoms with Gasteiger partial charge in [-0.1, -0.05) is 127 Å². The van der Waals surface area contributed by atoms with Crippen LogP contribution < -0.4 is 4.90 Å². The predicted molar refractivity (Wildman–Crippen MR) is 266 cm³/mol. The summed E-state index contributed by atoms with van der Waals surface area (Å²) in [5.41, 5.74) is 14.6. The van der Waals surface area contributed by atoms with Crippen LogP contribution in [-0.2, 0) is 0 Å². The van der Waals surface area contributed by atoms with Crippen LogP contribution >= 0.6 is 0 Å². The molecule has 0 aliphatic heterocycles. The molecule has 0 spiro atoms. The minimum Gasteiger partial charge on any atom is -0.435 e. The third-order valence-electron chi connectivity index (χ3n) is 12.7. The van der Waals surface area contributed by atoms with Crippen molar-refractivity contribution >= 4 is 82.5 Å². The van der Waals surface area contributed by atoms with Gasteiger partial charge in [0.1, 0.15) is 5.52 Å². The first kappa shape index (κ1) is 36.0. The van der Waals surface area contributed by atoms with Gasteiger partial charge in [0.05, 0.1) is 22.1 Å². The fraction of sp³-hybridized carbons (Fsp3) is 0. The molecule has 3 aromatic heterocycles. The minimum absolute atomic E-state index is 0.610. The molecule has 0 bridgehead atoms. The molecule has 5 nitrogen and oxygen atoms in total. The van der Waals surface area contributed by atoms with Crippen molar-refractivity contribution in [1.29, 1.82) is 0 Å². The number of hydrogen-bond donors (Lipinski definition) is 0. The molecule has 0 fully saturated rings. The minimum atomic E-state index is 0.610. The Kier molecular flexibility index (Phi) is 8.15. The monoisotopic (exact) mass is 818 g/mol. The van der Waals surface area contributed by atoms with Crippen LogP contribution in [0.1, 0.15) is 0 Å². The van der Waals surface area contributed by atoms with Crippen LogP contribution in [0.5, 0.6) is 0 Å². The van der Waals surface area contributed by atoms with Gasteiger partial charge in [0.2, 0.25) is 5.89 Å². The maximum atomic E-state index is 6.57. The Balaban J connectivity index is 1.06. The zero-order valence-electron chi connectivity index (χ0n) is 34.6. The summed E-state index contributed by atoms with van der Waals surface area (Å²) in [5.74, 6) is 0.610. The topological polar surface area (TPSA) is 39.1 Å². The van der Waals surface area contributed by atoms with Gasteiger partial charge >= 0.3 is 0 Å². The van der Waals surface area contributed by atoms with Gasteiger partial charge in [-0.25, -0.2) is 4.98 Å². The number of anilines is 3. The van der Waals surface area contributed by atoms with Gasteiger partial charge in [-0.3, -0.25) is 0 Å². The summed E-state index contributed by atoms with van der Waals surface area (Å²) < 4.78 is 11.3. The number of aromatic nitrogens is 3. The molecule has 0 aliphatic carbocycles. The first-order valence-electron chi connectivity index (χ1n) is 21.7. The van der Waals surface area contributed by atoms with E-state index in [0.717, 1.165) is 67.3 Å². The summed E-state index contributed by atoms with van der Waals surface area (Å²) in [7, 11) is 0. The Bertz CT molecular complexity index is 3900. The quantitative estimate of drug-likeness (QED) is 0.161. The summed E-state index contributed by atoms with van der Waals surface area (Å²) in [6.45, 7) is 0. The standard InChI is InChI=1S/C59H38N4O/c1-4-17-40(18-5-1)59-60-52-28-15-27-48(58(52)64-59)41-19-14-24-44(36-41)61(45-31-34-54-50(37-45)49-26-12-13-29-53(49)62(54)42-20-6-2-7-21-42)46-32-35-55-51(38-46)57-47-25-11-10-16-39(47)30-33-56(57)63(55)43-22-8-3-9-23-43/h1-38H. The average Bonchev–Trinajstić information content (AvgIpc) is 4.05. The molecule has 0 radical (unpaired) electrons. The van der Waals surface area contributed by atoms with Gasteiger partial charge < -0.3 is 18.5 Å². The number of hydrogen-bond acceptors (Lipinski definition) is 3. The summed E-state index contributed by atoms with van der Waals surface area (Å²) in [6, 6.07) is 82.3. The molecule has 0 N–H and O–H groups in total. The lowest BCUT2D eigenvalue weighted by atomic mass is 10.0. The highest BCUT2D eigenvalue weighted by atomic mass is 16.3. The van der Waals surface area contributed by atoms with Crippen molar-refractivity contribution in [2.24, 2.45) is 0 Å². The van der Waals surface area contributed by atoms with Crippen molar-refractivity contribution in [3.63, 3.8) is 0 Å². The molecule has 0 unspecified atom stereocenters. The van der Waals surface area contributed by atoms with Crippen LogP contribution in [0.15, 0.2) is 235 Å². The number of rotatable bonds is 7. The number of para-hydroxylation sites is 4. The van der Waals surface area contributed by atoms with Crippen LogP contribution in [-0.4, -0.2) is 14.1 Å². The molecule has 13 rings (SSSR count). The second kappa shape index (κ2) is 14.5. The Hall–Kier alpha value is -8.67. The number of fused-ring (bicyclic) bond motifs is 9. The van der Waals surface area contributed by atoms with Crippen molar-refractivity contribution in [2.75, 3.05) is 4.90 Å². The van der Waals surface area contributed by atoms with Gasteiger partial charge in [-0.05, 0) is 119 Å². The number of nitrogens with zero attached hydrogens (tertiary/aromatic N) is 4. The van der Waals surface area contributed by atoms with Crippen LogP contribution in [0.3, 0.4) is 0 Å². The summed E-state index contributed by atoms with van der Waals surface area (Å²) >= 11 is 0. The summed E-state index contributed by atoms with van der Waals surface area (Å²) in [6.07, 6.45) is 0. The molecular weight excluding hydrogens is 781 g/mol. The third-order valence-corrected chi connectivity index (χ3v) is 12.7. The molecule has 13 aromatic rings. The van der Waals surface area contributed by atoms with E-state index in [9.17, 15) is 0 Å². The normalized spacial score (nSPS) is 11.8. The van der Waals surface area contributed by atoms with Crippen LogP contribution in [0, 0.1) is 0 Å². The number of benzene rings is 10. The molecule has 64 heavy (non-hydrogen) atoms.